The molecule has 2 aromatic carbocycles. The monoisotopic (exact) mass is 579 g/mol. The number of benzene rings is 2. The molecule has 1 heterocycles. The number of amides is 2. The highest BCUT2D eigenvalue weighted by Gasteiger charge is 2.28. The summed E-state index contributed by atoms with van der Waals surface area (Å²) in [7, 11) is 2.99. The van der Waals surface area contributed by atoms with Crippen molar-refractivity contribution < 1.29 is 28.6 Å². The lowest BCUT2D eigenvalue weighted by molar-refractivity contribution is -0.134. The number of hydrogen-bond donors (Lipinski definition) is 1. The Hall–Kier alpha value is -3.85. The van der Waals surface area contributed by atoms with Gasteiger partial charge in [0.1, 0.15) is 18.1 Å². The Labute approximate surface area is 249 Å². The summed E-state index contributed by atoms with van der Waals surface area (Å²) in [6, 6.07) is 12.9. The van der Waals surface area contributed by atoms with Gasteiger partial charge in [-0.15, -0.1) is 6.58 Å². The molecule has 1 saturated heterocycles. The Morgan fingerprint density at radius 2 is 1.69 bits per heavy atom. The van der Waals surface area contributed by atoms with E-state index in [-0.39, 0.29) is 29.7 Å². The first-order chi connectivity index (χ1) is 20.3. The van der Waals surface area contributed by atoms with Crippen LogP contribution in [0.4, 0.5) is 0 Å². The van der Waals surface area contributed by atoms with Gasteiger partial charge >= 0.3 is 5.97 Å². The highest BCUT2D eigenvalue weighted by atomic mass is 16.5. The van der Waals surface area contributed by atoms with E-state index in [9.17, 15) is 14.4 Å². The molecule has 228 valence electrons. The van der Waals surface area contributed by atoms with E-state index < -0.39 is 0 Å². The number of allylic oxidation sites excluding steroid dienone is 1. The van der Waals surface area contributed by atoms with Crippen molar-refractivity contribution in [1.82, 2.24) is 15.1 Å². The van der Waals surface area contributed by atoms with Gasteiger partial charge in [0, 0.05) is 44.7 Å². The molecular formula is C33H45N3O6. The highest BCUT2D eigenvalue weighted by Crippen LogP contribution is 2.34. The van der Waals surface area contributed by atoms with E-state index in [1.165, 1.54) is 7.11 Å². The minimum Gasteiger partial charge on any atom is -0.497 e. The summed E-state index contributed by atoms with van der Waals surface area (Å²) in [5.74, 6) is 0.973. The number of hydrogen-bond acceptors (Lipinski definition) is 7. The molecule has 0 aliphatic carbocycles. The molecule has 42 heavy (non-hydrogen) atoms. The maximum Gasteiger partial charge on any atom is 0.337 e. The number of carbonyl (C=O) groups excluding carboxylic acids is 3. The maximum atomic E-state index is 12.8. The van der Waals surface area contributed by atoms with Crippen molar-refractivity contribution in [2.45, 2.75) is 52.7 Å². The molecule has 1 aliphatic heterocycles. The highest BCUT2D eigenvalue weighted by molar-refractivity contribution is 5.89. The summed E-state index contributed by atoms with van der Waals surface area (Å²) in [6.07, 6.45) is 4.84. The van der Waals surface area contributed by atoms with Crippen LogP contribution in [0.3, 0.4) is 0 Å². The van der Waals surface area contributed by atoms with E-state index in [0.29, 0.717) is 51.3 Å². The molecule has 9 heteroatoms. The molecule has 0 aromatic heterocycles. The summed E-state index contributed by atoms with van der Waals surface area (Å²) >= 11 is 0. The van der Waals surface area contributed by atoms with Crippen LogP contribution in [0.25, 0.3) is 0 Å². The predicted octanol–water partition coefficient (Wildman–Crippen LogP) is 4.59. The van der Waals surface area contributed by atoms with Crippen molar-refractivity contribution in [2.24, 2.45) is 5.41 Å². The first kappa shape index (κ1) is 32.7. The number of ether oxygens (including phenoxy) is 3. The second-order valence-corrected chi connectivity index (χ2v) is 10.8. The molecule has 0 radical (unpaired) electrons. The Morgan fingerprint density at radius 3 is 2.29 bits per heavy atom. The molecule has 1 fully saturated rings. The Kier molecular flexibility index (Phi) is 12.4. The molecule has 0 bridgehead atoms. The van der Waals surface area contributed by atoms with Crippen molar-refractivity contribution in [3.63, 3.8) is 0 Å². The minimum atomic E-state index is -0.374. The lowest BCUT2D eigenvalue weighted by Crippen LogP contribution is -2.51. The predicted molar refractivity (Wildman–Crippen MR) is 162 cm³/mol. The van der Waals surface area contributed by atoms with Crippen molar-refractivity contribution in [1.29, 1.82) is 0 Å². The fourth-order valence-corrected chi connectivity index (χ4v) is 5.22. The van der Waals surface area contributed by atoms with Crippen molar-refractivity contribution in [3.05, 3.63) is 71.8 Å². The van der Waals surface area contributed by atoms with E-state index in [4.69, 9.17) is 14.2 Å². The molecule has 1 N–H and O–H groups in total. The number of nitrogens with one attached hydrogen (secondary N) is 1. The molecule has 2 amide bonds. The van der Waals surface area contributed by atoms with Gasteiger partial charge in [0.25, 0.3) is 0 Å². The maximum absolute atomic E-state index is 12.8. The Morgan fingerprint density at radius 1 is 1.00 bits per heavy atom. The fraction of sp³-hybridized carbons (Fsp3) is 0.485. The van der Waals surface area contributed by atoms with Crippen LogP contribution in [0.1, 0.15) is 61.0 Å². The van der Waals surface area contributed by atoms with Gasteiger partial charge in [-0.3, -0.25) is 14.5 Å². The van der Waals surface area contributed by atoms with Gasteiger partial charge in [0.05, 0.1) is 26.3 Å². The second kappa shape index (κ2) is 16.0. The van der Waals surface area contributed by atoms with Crippen LogP contribution >= 0.6 is 0 Å². The first-order valence-electron chi connectivity index (χ1n) is 14.6. The lowest BCUT2D eigenvalue weighted by atomic mass is 9.76. The van der Waals surface area contributed by atoms with Crippen LogP contribution in [-0.4, -0.2) is 74.5 Å². The van der Waals surface area contributed by atoms with E-state index in [2.05, 4.69) is 30.6 Å². The quantitative estimate of drug-likeness (QED) is 0.243. The third kappa shape index (κ3) is 9.08. The lowest BCUT2D eigenvalue weighted by Gasteiger charge is -2.35. The molecule has 2 aromatic rings. The van der Waals surface area contributed by atoms with Gasteiger partial charge in [-0.25, -0.2) is 4.79 Å². The topological polar surface area (TPSA) is 97.4 Å². The zero-order valence-electron chi connectivity index (χ0n) is 25.4. The molecule has 0 unspecified atom stereocenters. The van der Waals surface area contributed by atoms with Gasteiger partial charge in [-0.05, 0) is 60.6 Å². The van der Waals surface area contributed by atoms with Gasteiger partial charge in [0.15, 0.2) is 0 Å². The van der Waals surface area contributed by atoms with Crippen LogP contribution in [0.15, 0.2) is 55.1 Å². The number of methoxy groups -OCH3 is 2. The summed E-state index contributed by atoms with van der Waals surface area (Å²) in [5, 5.41) is 2.84. The standard InChI is InChI=1S/C33H45N3O6/c1-6-15-33(7-2,8-3)21-30(37)34-22-31(38)36-18-16-35(17-19-36)23-27-20-28(40-4)13-14-29(27)42-24-25-9-11-26(12-10-25)32(39)41-5/h6,9-14,20H,1,7-8,15-19,21-24H2,2-5H3,(H,34,37). The molecule has 1 aliphatic rings. The van der Waals surface area contributed by atoms with Crippen LogP contribution in [-0.2, 0) is 27.5 Å². The van der Waals surface area contributed by atoms with Gasteiger partial charge in [-0.2, -0.15) is 0 Å². The SMILES string of the molecule is C=CCC(CC)(CC)CC(=O)NCC(=O)N1CCN(Cc2cc(OC)ccc2OCc2ccc(C(=O)OC)cc2)CC1. The number of rotatable bonds is 15. The largest absolute Gasteiger partial charge is 0.497 e. The average Bonchev–Trinajstić information content (AvgIpc) is 3.02. The van der Waals surface area contributed by atoms with Gasteiger partial charge in [-0.1, -0.05) is 32.1 Å². The zero-order chi connectivity index (χ0) is 30.5. The molecule has 0 spiro atoms. The van der Waals surface area contributed by atoms with Crippen LogP contribution in [0.5, 0.6) is 11.5 Å². The summed E-state index contributed by atoms with van der Waals surface area (Å²) in [5.41, 5.74) is 2.31. The second-order valence-electron chi connectivity index (χ2n) is 10.8. The zero-order valence-corrected chi connectivity index (χ0v) is 25.4. The Balaban J connectivity index is 1.52. The Bertz CT molecular complexity index is 1200. The first-order valence-corrected chi connectivity index (χ1v) is 14.6. The van der Waals surface area contributed by atoms with E-state index >= 15 is 0 Å². The molecular weight excluding hydrogens is 534 g/mol. The summed E-state index contributed by atoms with van der Waals surface area (Å²) in [6.45, 7) is 11.6. The minimum absolute atomic E-state index is 0.0188. The molecule has 9 nitrogen and oxygen atoms in total. The third-order valence-electron chi connectivity index (χ3n) is 8.21. The normalized spacial score (nSPS) is 13.8. The van der Waals surface area contributed by atoms with Crippen molar-refractivity contribution in [2.75, 3.05) is 46.9 Å². The number of carbonyl (C=O) groups is 3. The summed E-state index contributed by atoms with van der Waals surface area (Å²) in [4.78, 5) is 41.2. The fourth-order valence-electron chi connectivity index (χ4n) is 5.22. The molecule has 0 saturated carbocycles. The van der Waals surface area contributed by atoms with Gasteiger partial charge < -0.3 is 24.4 Å². The number of esters is 1. The third-order valence-corrected chi connectivity index (χ3v) is 8.21. The van der Waals surface area contributed by atoms with Crippen LogP contribution in [0.2, 0.25) is 0 Å². The average molecular weight is 580 g/mol. The van der Waals surface area contributed by atoms with E-state index in [1.54, 1.807) is 19.2 Å². The molecule has 3 rings (SSSR count). The van der Waals surface area contributed by atoms with Crippen LogP contribution in [0, 0.1) is 5.41 Å². The number of nitrogens with zero attached hydrogens (tertiary/aromatic N) is 2. The summed E-state index contributed by atoms with van der Waals surface area (Å²) < 4.78 is 16.4. The van der Waals surface area contributed by atoms with Crippen LogP contribution < -0.4 is 14.8 Å². The van der Waals surface area contributed by atoms with Crippen molar-refractivity contribution >= 4 is 17.8 Å². The van der Waals surface area contributed by atoms with E-state index in [0.717, 1.165) is 41.9 Å². The molecule has 0 atom stereocenters. The van der Waals surface area contributed by atoms with E-state index in [1.807, 2.05) is 41.3 Å². The van der Waals surface area contributed by atoms with Gasteiger partial charge in [0.2, 0.25) is 11.8 Å². The number of piperazine rings is 1. The smallest absolute Gasteiger partial charge is 0.337 e. The van der Waals surface area contributed by atoms with Crippen molar-refractivity contribution in [3.8, 4) is 11.5 Å².